The molecule has 37 heavy (non-hydrogen) atoms. The number of para-hydroxylation sites is 3. The smallest absolute Gasteiger partial charge is 0.223 e. The Labute approximate surface area is 215 Å². The van der Waals surface area contributed by atoms with Crippen LogP contribution in [0.4, 0.5) is 0 Å². The van der Waals surface area contributed by atoms with Crippen molar-refractivity contribution in [3.63, 3.8) is 0 Å². The van der Waals surface area contributed by atoms with Crippen LogP contribution in [0.3, 0.4) is 0 Å². The molecular formula is C32H27N3O2. The van der Waals surface area contributed by atoms with Crippen molar-refractivity contribution in [2.45, 2.75) is 26.2 Å². The summed E-state index contributed by atoms with van der Waals surface area (Å²) in [4.78, 5) is 9.61. The predicted octanol–water partition coefficient (Wildman–Crippen LogP) is 8.04. The van der Waals surface area contributed by atoms with Crippen LogP contribution >= 0.6 is 0 Å². The zero-order valence-corrected chi connectivity index (χ0v) is 21.0. The van der Waals surface area contributed by atoms with Gasteiger partial charge in [-0.3, -0.25) is 4.57 Å². The van der Waals surface area contributed by atoms with E-state index in [0.29, 0.717) is 23.0 Å². The third-order valence-electron chi connectivity index (χ3n) is 6.58. The molecule has 0 aliphatic carbocycles. The van der Waals surface area contributed by atoms with Crippen LogP contribution in [-0.2, 0) is 5.41 Å². The summed E-state index contributed by atoms with van der Waals surface area (Å²) in [6, 6.07) is 33.6. The van der Waals surface area contributed by atoms with E-state index in [1.165, 1.54) is 10.8 Å². The van der Waals surface area contributed by atoms with Crippen LogP contribution in [0, 0.1) is 0 Å². The third-order valence-corrected chi connectivity index (χ3v) is 6.58. The highest BCUT2D eigenvalue weighted by Crippen LogP contribution is 2.35. The SMILES string of the molecule is CC(C)(C)c1cc(Oc2cccc(-n3c4ccccc4c4ccccc43)n2)nc(-c2ccccc2O)c1. The van der Waals surface area contributed by atoms with Gasteiger partial charge in [-0.25, -0.2) is 4.98 Å². The van der Waals surface area contributed by atoms with Gasteiger partial charge in [0.1, 0.15) is 11.6 Å². The van der Waals surface area contributed by atoms with Gasteiger partial charge in [0.15, 0.2) is 0 Å². The number of pyridine rings is 2. The van der Waals surface area contributed by atoms with Crippen LogP contribution < -0.4 is 4.74 Å². The summed E-state index contributed by atoms with van der Waals surface area (Å²) in [5, 5.41) is 12.8. The highest BCUT2D eigenvalue weighted by atomic mass is 16.5. The van der Waals surface area contributed by atoms with Gasteiger partial charge in [-0.2, -0.15) is 4.98 Å². The molecule has 5 heteroatoms. The number of benzene rings is 3. The van der Waals surface area contributed by atoms with Crippen LogP contribution in [0.25, 0.3) is 38.9 Å². The van der Waals surface area contributed by atoms with E-state index < -0.39 is 0 Å². The molecule has 6 aromatic rings. The Bertz CT molecular complexity index is 1710. The van der Waals surface area contributed by atoms with Crippen LogP contribution in [0.1, 0.15) is 26.3 Å². The molecule has 0 aliphatic rings. The van der Waals surface area contributed by atoms with E-state index in [4.69, 9.17) is 14.7 Å². The Kier molecular flexibility index (Phi) is 5.41. The van der Waals surface area contributed by atoms with Crippen molar-refractivity contribution in [2.75, 3.05) is 0 Å². The minimum atomic E-state index is -0.140. The lowest BCUT2D eigenvalue weighted by atomic mass is 9.86. The van der Waals surface area contributed by atoms with Gasteiger partial charge >= 0.3 is 0 Å². The highest BCUT2D eigenvalue weighted by molar-refractivity contribution is 6.09. The molecule has 0 fully saturated rings. The number of ether oxygens (including phenoxy) is 1. The molecule has 5 nitrogen and oxygen atoms in total. The molecule has 0 radical (unpaired) electrons. The molecule has 6 rings (SSSR count). The highest BCUT2D eigenvalue weighted by Gasteiger charge is 2.19. The maximum absolute atomic E-state index is 10.5. The number of rotatable bonds is 4. The first-order chi connectivity index (χ1) is 17.9. The Morgan fingerprint density at radius 2 is 1.32 bits per heavy atom. The van der Waals surface area contributed by atoms with Crippen molar-refractivity contribution < 1.29 is 9.84 Å². The maximum atomic E-state index is 10.5. The molecule has 3 aromatic carbocycles. The fraction of sp³-hybridized carbons (Fsp3) is 0.125. The summed E-state index contributed by atoms with van der Waals surface area (Å²) < 4.78 is 8.42. The average Bonchev–Trinajstić information content (AvgIpc) is 3.23. The lowest BCUT2D eigenvalue weighted by Gasteiger charge is -2.21. The third kappa shape index (κ3) is 4.19. The van der Waals surface area contributed by atoms with Crippen LogP contribution in [0.15, 0.2) is 103 Å². The topological polar surface area (TPSA) is 60.2 Å². The molecule has 0 atom stereocenters. The number of nitrogens with zero attached hydrogens (tertiary/aromatic N) is 3. The molecule has 0 unspecified atom stereocenters. The zero-order valence-electron chi connectivity index (χ0n) is 21.0. The summed E-state index contributed by atoms with van der Waals surface area (Å²) in [6.45, 7) is 6.42. The normalized spacial score (nSPS) is 11.8. The number of fused-ring (bicyclic) bond motifs is 3. The first-order valence-electron chi connectivity index (χ1n) is 12.3. The van der Waals surface area contributed by atoms with E-state index in [1.54, 1.807) is 12.1 Å². The van der Waals surface area contributed by atoms with Crippen molar-refractivity contribution >= 4 is 21.8 Å². The molecule has 0 saturated heterocycles. The Balaban J connectivity index is 1.45. The van der Waals surface area contributed by atoms with Gasteiger partial charge in [-0.05, 0) is 47.4 Å². The van der Waals surface area contributed by atoms with Gasteiger partial charge in [0.25, 0.3) is 0 Å². The van der Waals surface area contributed by atoms with Gasteiger partial charge in [-0.15, -0.1) is 0 Å². The molecular weight excluding hydrogens is 458 g/mol. The first kappa shape index (κ1) is 22.8. The van der Waals surface area contributed by atoms with Crippen LogP contribution in [-0.4, -0.2) is 19.6 Å². The number of phenols is 1. The Morgan fingerprint density at radius 1 is 0.676 bits per heavy atom. The van der Waals surface area contributed by atoms with Gasteiger partial charge in [0.05, 0.1) is 16.7 Å². The van der Waals surface area contributed by atoms with Crippen LogP contribution in [0.5, 0.6) is 17.5 Å². The van der Waals surface area contributed by atoms with E-state index in [2.05, 4.69) is 61.7 Å². The van der Waals surface area contributed by atoms with Crippen molar-refractivity contribution in [3.8, 4) is 34.6 Å². The number of hydrogen-bond donors (Lipinski definition) is 1. The van der Waals surface area contributed by atoms with E-state index in [-0.39, 0.29) is 11.2 Å². The van der Waals surface area contributed by atoms with Crippen molar-refractivity contribution in [1.82, 2.24) is 14.5 Å². The monoisotopic (exact) mass is 485 g/mol. The second-order valence-electron chi connectivity index (χ2n) is 10.2. The van der Waals surface area contributed by atoms with Gasteiger partial charge < -0.3 is 9.84 Å². The molecule has 0 amide bonds. The summed E-state index contributed by atoms with van der Waals surface area (Å²) in [5.41, 5.74) is 4.39. The minimum absolute atomic E-state index is 0.140. The number of phenolic OH excluding ortho intramolecular Hbond substituents is 1. The van der Waals surface area contributed by atoms with E-state index in [9.17, 15) is 5.11 Å². The summed E-state index contributed by atoms with van der Waals surface area (Å²) in [6.07, 6.45) is 0. The Hall–Kier alpha value is -4.64. The molecule has 3 aromatic heterocycles. The van der Waals surface area contributed by atoms with Gasteiger partial charge in [-0.1, -0.05) is 75.4 Å². The van der Waals surface area contributed by atoms with E-state index >= 15 is 0 Å². The van der Waals surface area contributed by atoms with E-state index in [1.807, 2.05) is 54.6 Å². The number of aromatic hydroxyl groups is 1. The summed E-state index contributed by atoms with van der Waals surface area (Å²) >= 11 is 0. The first-order valence-corrected chi connectivity index (χ1v) is 12.3. The number of aromatic nitrogens is 3. The molecule has 182 valence electrons. The second-order valence-corrected chi connectivity index (χ2v) is 10.2. The molecule has 0 bridgehead atoms. The number of hydrogen-bond acceptors (Lipinski definition) is 4. The van der Waals surface area contributed by atoms with Crippen LogP contribution in [0.2, 0.25) is 0 Å². The predicted molar refractivity (Wildman–Crippen MR) is 149 cm³/mol. The molecule has 3 heterocycles. The quantitative estimate of drug-likeness (QED) is 0.274. The molecule has 0 saturated carbocycles. The summed E-state index contributed by atoms with van der Waals surface area (Å²) in [5.74, 6) is 1.82. The van der Waals surface area contributed by atoms with Gasteiger partial charge in [0.2, 0.25) is 11.8 Å². The largest absolute Gasteiger partial charge is 0.507 e. The summed E-state index contributed by atoms with van der Waals surface area (Å²) in [7, 11) is 0. The minimum Gasteiger partial charge on any atom is -0.507 e. The Morgan fingerprint density at radius 3 is 2.00 bits per heavy atom. The second kappa shape index (κ2) is 8.79. The van der Waals surface area contributed by atoms with Crippen molar-refractivity contribution in [1.29, 1.82) is 0 Å². The molecule has 1 N–H and O–H groups in total. The van der Waals surface area contributed by atoms with Crippen molar-refractivity contribution in [3.05, 3.63) is 109 Å². The molecule has 0 spiro atoms. The average molecular weight is 486 g/mol. The fourth-order valence-corrected chi connectivity index (χ4v) is 4.68. The standard InChI is InChI=1S/C32H27N3O2/c1-32(2,3)21-19-25(24-13-6-9-16-28(24)36)33-31(20-21)37-30-18-10-17-29(34-30)35-26-14-7-4-11-22(26)23-12-5-8-15-27(23)35/h4-20,36H,1-3H3. The maximum Gasteiger partial charge on any atom is 0.223 e. The lowest BCUT2D eigenvalue weighted by Crippen LogP contribution is -2.12. The van der Waals surface area contributed by atoms with E-state index in [0.717, 1.165) is 22.4 Å². The van der Waals surface area contributed by atoms with Gasteiger partial charge in [0, 0.05) is 28.5 Å². The lowest BCUT2D eigenvalue weighted by molar-refractivity contribution is 0.441. The fourth-order valence-electron chi connectivity index (χ4n) is 4.68. The van der Waals surface area contributed by atoms with Crippen molar-refractivity contribution in [2.24, 2.45) is 0 Å². The zero-order chi connectivity index (χ0) is 25.6. The molecule has 0 aliphatic heterocycles.